The molecule has 1 amide bonds. The third kappa shape index (κ3) is 6.87. The molecule has 2 N–H and O–H groups in total. The predicted molar refractivity (Wildman–Crippen MR) is 142 cm³/mol. The Morgan fingerprint density at radius 1 is 1.15 bits per heavy atom. The van der Waals surface area contributed by atoms with Crippen LogP contribution in [-0.2, 0) is 4.74 Å². The van der Waals surface area contributed by atoms with Gasteiger partial charge >= 0.3 is 0 Å². The number of halogens is 4. The van der Waals surface area contributed by atoms with Crippen LogP contribution in [0.1, 0.15) is 41.5 Å². The van der Waals surface area contributed by atoms with E-state index in [1.807, 2.05) is 11.5 Å². The fourth-order valence-corrected chi connectivity index (χ4v) is 4.90. The number of ether oxygens (including phenoxy) is 1. The first kappa shape index (κ1) is 28.8. The van der Waals surface area contributed by atoms with Gasteiger partial charge in [-0.1, -0.05) is 0 Å². The molecule has 2 fully saturated rings. The molecular formula is C26H31ClF3N7O2. The highest BCUT2D eigenvalue weighted by Crippen LogP contribution is 2.31. The minimum atomic E-state index is -2.65. The lowest BCUT2D eigenvalue weighted by molar-refractivity contribution is 0.0124. The maximum Gasteiger partial charge on any atom is 0.261 e. The van der Waals surface area contributed by atoms with Gasteiger partial charge in [0.15, 0.2) is 5.82 Å². The van der Waals surface area contributed by atoms with Crippen LogP contribution < -0.4 is 10.6 Å². The van der Waals surface area contributed by atoms with Crippen molar-refractivity contribution in [2.75, 3.05) is 44.7 Å². The molecule has 13 heteroatoms. The first-order valence-electron chi connectivity index (χ1n) is 12.7. The molecule has 2 aliphatic heterocycles. The molecule has 0 saturated carbocycles. The molecule has 0 radical (unpaired) electrons. The van der Waals surface area contributed by atoms with Crippen LogP contribution in [0.2, 0.25) is 0 Å². The number of anilines is 2. The molecule has 9 nitrogen and oxygen atoms in total. The molecule has 0 aliphatic carbocycles. The van der Waals surface area contributed by atoms with E-state index in [2.05, 4.69) is 25.6 Å². The highest BCUT2D eigenvalue weighted by molar-refractivity contribution is 5.94. The van der Waals surface area contributed by atoms with E-state index in [0.29, 0.717) is 43.2 Å². The smallest absolute Gasteiger partial charge is 0.261 e. The Bertz CT molecular complexity index is 1280. The third-order valence-electron chi connectivity index (χ3n) is 6.89. The van der Waals surface area contributed by atoms with Crippen molar-refractivity contribution in [3.8, 4) is 11.4 Å². The van der Waals surface area contributed by atoms with E-state index in [0.717, 1.165) is 24.9 Å². The number of rotatable bonds is 8. The van der Waals surface area contributed by atoms with E-state index in [-0.39, 0.29) is 55.5 Å². The van der Waals surface area contributed by atoms with Crippen molar-refractivity contribution in [3.63, 3.8) is 0 Å². The number of carbonyl (C=O) groups is 1. The highest BCUT2D eigenvalue weighted by Gasteiger charge is 2.37. The lowest BCUT2D eigenvalue weighted by Gasteiger charge is -2.26. The molecule has 210 valence electrons. The van der Waals surface area contributed by atoms with Crippen molar-refractivity contribution in [1.29, 1.82) is 0 Å². The second-order valence-electron chi connectivity index (χ2n) is 9.63. The number of amides is 1. The van der Waals surface area contributed by atoms with Crippen molar-refractivity contribution in [1.82, 2.24) is 29.7 Å². The number of benzene rings is 1. The van der Waals surface area contributed by atoms with Gasteiger partial charge in [0.25, 0.3) is 11.8 Å². The number of alkyl halides is 2. The largest absolute Gasteiger partial charge is 0.381 e. The number of hydrogen-bond acceptors (Lipinski definition) is 7. The Morgan fingerprint density at radius 2 is 1.90 bits per heavy atom. The minimum Gasteiger partial charge on any atom is -0.381 e. The quantitative estimate of drug-likeness (QED) is 0.418. The first-order valence-corrected chi connectivity index (χ1v) is 12.7. The van der Waals surface area contributed by atoms with E-state index in [1.165, 1.54) is 0 Å². The SMILES string of the molecule is Cc1ncc(-c2nc(Nc3ccc(C(=O)NCCN4CCC(F)(F)C4)cc3)ncc2F)n1C1CCOCC1.Cl. The summed E-state index contributed by atoms with van der Waals surface area (Å²) in [6, 6.07) is 6.81. The van der Waals surface area contributed by atoms with Gasteiger partial charge in [0.1, 0.15) is 11.5 Å². The number of hydrogen-bond donors (Lipinski definition) is 2. The summed E-state index contributed by atoms with van der Waals surface area (Å²) < 4.78 is 48.9. The Balaban J connectivity index is 0.00000353. The lowest BCUT2D eigenvalue weighted by atomic mass is 10.1. The number of likely N-dealkylation sites (tertiary alicyclic amines) is 1. The summed E-state index contributed by atoms with van der Waals surface area (Å²) in [6.07, 6.45) is 4.24. The van der Waals surface area contributed by atoms with Crippen LogP contribution in [0.3, 0.4) is 0 Å². The van der Waals surface area contributed by atoms with E-state index >= 15 is 0 Å². The molecule has 2 saturated heterocycles. The maximum absolute atomic E-state index is 14.8. The zero-order valence-electron chi connectivity index (χ0n) is 21.5. The number of aryl methyl sites for hydroxylation is 1. The number of nitrogens with one attached hydrogen (secondary N) is 2. The van der Waals surface area contributed by atoms with Gasteiger partial charge in [0.2, 0.25) is 5.95 Å². The normalized spacial score (nSPS) is 17.5. The van der Waals surface area contributed by atoms with Crippen LogP contribution in [0.5, 0.6) is 0 Å². The van der Waals surface area contributed by atoms with Gasteiger partial charge in [-0.2, -0.15) is 0 Å². The van der Waals surface area contributed by atoms with Gasteiger partial charge in [0.05, 0.1) is 24.6 Å². The highest BCUT2D eigenvalue weighted by atomic mass is 35.5. The zero-order valence-corrected chi connectivity index (χ0v) is 22.3. The van der Waals surface area contributed by atoms with Crippen molar-refractivity contribution in [3.05, 3.63) is 53.9 Å². The number of carbonyl (C=O) groups excluding carboxylic acids is 1. The third-order valence-corrected chi connectivity index (χ3v) is 6.89. The van der Waals surface area contributed by atoms with Gasteiger partial charge in [-0.05, 0) is 44.0 Å². The van der Waals surface area contributed by atoms with E-state index in [9.17, 15) is 18.0 Å². The second-order valence-corrected chi connectivity index (χ2v) is 9.63. The average Bonchev–Trinajstić information content (AvgIpc) is 3.47. The summed E-state index contributed by atoms with van der Waals surface area (Å²) >= 11 is 0. The lowest BCUT2D eigenvalue weighted by Crippen LogP contribution is -2.35. The monoisotopic (exact) mass is 565 g/mol. The molecule has 5 rings (SSSR count). The second kappa shape index (κ2) is 12.3. The van der Waals surface area contributed by atoms with Gasteiger partial charge < -0.3 is 19.9 Å². The van der Waals surface area contributed by atoms with Gasteiger partial charge in [0, 0.05) is 56.6 Å². The van der Waals surface area contributed by atoms with Crippen LogP contribution in [-0.4, -0.2) is 75.6 Å². The maximum atomic E-state index is 14.8. The van der Waals surface area contributed by atoms with Crippen LogP contribution in [0, 0.1) is 12.7 Å². The van der Waals surface area contributed by atoms with E-state index in [1.54, 1.807) is 35.4 Å². The molecule has 0 spiro atoms. The number of imidazole rings is 1. The molecule has 2 aliphatic rings. The van der Waals surface area contributed by atoms with Crippen molar-refractivity contribution in [2.24, 2.45) is 0 Å². The minimum absolute atomic E-state index is 0. The summed E-state index contributed by atoms with van der Waals surface area (Å²) in [5.74, 6) is -2.50. The summed E-state index contributed by atoms with van der Waals surface area (Å²) in [7, 11) is 0. The molecule has 4 heterocycles. The fourth-order valence-electron chi connectivity index (χ4n) is 4.90. The van der Waals surface area contributed by atoms with E-state index in [4.69, 9.17) is 4.74 Å². The Kier molecular flexibility index (Phi) is 9.08. The molecular weight excluding hydrogens is 535 g/mol. The van der Waals surface area contributed by atoms with E-state index < -0.39 is 11.7 Å². The number of nitrogens with zero attached hydrogens (tertiary/aromatic N) is 5. The Morgan fingerprint density at radius 3 is 2.59 bits per heavy atom. The molecule has 39 heavy (non-hydrogen) atoms. The van der Waals surface area contributed by atoms with Crippen molar-refractivity contribution >= 4 is 29.9 Å². The number of aromatic nitrogens is 4. The Labute approximate surface area is 230 Å². The van der Waals surface area contributed by atoms with Gasteiger partial charge in [-0.15, -0.1) is 12.4 Å². The molecule has 1 aromatic carbocycles. The molecule has 0 bridgehead atoms. The Hall–Kier alpha value is -3.22. The topological polar surface area (TPSA) is 97.2 Å². The summed E-state index contributed by atoms with van der Waals surface area (Å²) in [5.41, 5.74) is 1.79. The zero-order chi connectivity index (χ0) is 26.7. The van der Waals surface area contributed by atoms with Gasteiger partial charge in [-0.3, -0.25) is 9.69 Å². The summed E-state index contributed by atoms with van der Waals surface area (Å²) in [4.78, 5) is 27.0. The van der Waals surface area contributed by atoms with Crippen LogP contribution in [0.15, 0.2) is 36.7 Å². The summed E-state index contributed by atoms with van der Waals surface area (Å²) in [5, 5.41) is 5.81. The van der Waals surface area contributed by atoms with Crippen LogP contribution in [0.4, 0.5) is 24.8 Å². The average molecular weight is 566 g/mol. The first-order chi connectivity index (χ1) is 18.3. The molecule has 2 aromatic heterocycles. The molecule has 3 aromatic rings. The molecule has 0 atom stereocenters. The van der Waals surface area contributed by atoms with Crippen LogP contribution in [0.25, 0.3) is 11.4 Å². The van der Waals surface area contributed by atoms with Crippen LogP contribution >= 0.6 is 12.4 Å². The summed E-state index contributed by atoms with van der Waals surface area (Å²) in [6.45, 7) is 3.89. The standard InChI is InChI=1S/C26H30F3N7O2.ClH/c1-17-31-15-22(36(17)20-6-12-38-13-7-20)23-21(27)14-32-25(34-23)33-19-4-2-18(3-5-19)24(37)30-9-11-35-10-8-26(28,29)16-35;/h2-5,14-15,20H,6-13,16H2,1H3,(H,30,37)(H,32,33,34);1H. The van der Waals surface area contributed by atoms with Gasteiger partial charge in [-0.25, -0.2) is 28.1 Å². The van der Waals surface area contributed by atoms with Crippen molar-refractivity contribution < 1.29 is 22.7 Å². The predicted octanol–water partition coefficient (Wildman–Crippen LogP) is 4.38. The van der Waals surface area contributed by atoms with Crippen molar-refractivity contribution in [2.45, 2.75) is 38.2 Å². The fraction of sp³-hybridized carbons (Fsp3) is 0.462. The molecule has 0 unspecified atom stereocenters.